The van der Waals surface area contributed by atoms with Crippen molar-refractivity contribution in [2.45, 2.75) is 18.6 Å². The molecule has 0 saturated carbocycles. The summed E-state index contributed by atoms with van der Waals surface area (Å²) in [6.07, 6.45) is 0.631. The van der Waals surface area contributed by atoms with Crippen LogP contribution in [0.25, 0.3) is 0 Å². The second kappa shape index (κ2) is 2.99. The van der Waals surface area contributed by atoms with Gasteiger partial charge in [-0.25, -0.2) is 0 Å². The molecular formula is C8H12N2O3. The van der Waals surface area contributed by atoms with Crippen LogP contribution in [0.3, 0.4) is 0 Å². The zero-order valence-corrected chi connectivity index (χ0v) is 7.45. The van der Waals surface area contributed by atoms with Gasteiger partial charge in [0, 0.05) is 20.1 Å². The molecule has 2 rings (SSSR count). The largest absolute Gasteiger partial charge is 0.380 e. The molecular weight excluding hydrogens is 172 g/mol. The molecule has 2 atom stereocenters. The summed E-state index contributed by atoms with van der Waals surface area (Å²) in [6.45, 7) is 0.680. The van der Waals surface area contributed by atoms with E-state index in [4.69, 9.17) is 4.74 Å². The van der Waals surface area contributed by atoms with Crippen LogP contribution >= 0.6 is 0 Å². The first-order valence-electron chi connectivity index (χ1n) is 4.32. The molecule has 0 unspecified atom stereocenters. The number of nitrogens with one attached hydrogen (secondary N) is 1. The van der Waals surface area contributed by atoms with Crippen LogP contribution in [0.15, 0.2) is 0 Å². The fraction of sp³-hybridized carbons (Fsp3) is 0.750. The number of ether oxygens (including phenoxy) is 1. The average Bonchev–Trinajstić information content (AvgIpc) is 2.56. The third-order valence-corrected chi connectivity index (χ3v) is 2.63. The van der Waals surface area contributed by atoms with E-state index in [-0.39, 0.29) is 30.5 Å². The highest BCUT2D eigenvalue weighted by molar-refractivity contribution is 5.95. The van der Waals surface area contributed by atoms with Gasteiger partial charge in [0.2, 0.25) is 11.8 Å². The van der Waals surface area contributed by atoms with Gasteiger partial charge in [0.15, 0.2) is 0 Å². The molecule has 5 nitrogen and oxygen atoms in total. The van der Waals surface area contributed by atoms with E-state index in [0.717, 1.165) is 0 Å². The first-order valence-corrected chi connectivity index (χ1v) is 4.32. The average molecular weight is 184 g/mol. The second-order valence-electron chi connectivity index (χ2n) is 3.37. The summed E-state index contributed by atoms with van der Waals surface area (Å²) in [5, 5.41) is 2.56. The summed E-state index contributed by atoms with van der Waals surface area (Å²) >= 11 is 0. The van der Waals surface area contributed by atoms with Crippen molar-refractivity contribution in [3.8, 4) is 0 Å². The standard InChI is InChI=1S/C8H12N2O3/c1-13-5-2-6-8(12)9-3-7(11)10(6)4-5/h5-6H,2-4H2,1H3,(H,9,12)/t5-,6-/m1/s1. The summed E-state index contributed by atoms with van der Waals surface area (Å²) in [6, 6.07) is -0.300. The molecule has 0 spiro atoms. The van der Waals surface area contributed by atoms with Gasteiger partial charge in [-0.2, -0.15) is 0 Å². The number of carbonyl (C=O) groups is 2. The van der Waals surface area contributed by atoms with Crippen molar-refractivity contribution in [2.75, 3.05) is 20.2 Å². The topological polar surface area (TPSA) is 58.6 Å². The van der Waals surface area contributed by atoms with Crippen molar-refractivity contribution in [3.05, 3.63) is 0 Å². The van der Waals surface area contributed by atoms with E-state index < -0.39 is 0 Å². The van der Waals surface area contributed by atoms with Crippen molar-refractivity contribution in [1.82, 2.24) is 10.2 Å². The summed E-state index contributed by atoms with van der Waals surface area (Å²) in [5.41, 5.74) is 0. The Bertz CT molecular complexity index is 230. The first-order chi connectivity index (χ1) is 6.22. The molecule has 0 radical (unpaired) electrons. The Kier molecular flexibility index (Phi) is 1.95. The number of amides is 2. The molecule has 2 amide bonds. The minimum Gasteiger partial charge on any atom is -0.380 e. The number of fused-ring (bicyclic) bond motifs is 1. The summed E-state index contributed by atoms with van der Waals surface area (Å²) < 4.78 is 5.13. The van der Waals surface area contributed by atoms with Gasteiger partial charge in [-0.05, 0) is 0 Å². The quantitative estimate of drug-likeness (QED) is 0.553. The van der Waals surface area contributed by atoms with Crippen LogP contribution in [-0.4, -0.2) is 49.1 Å². The van der Waals surface area contributed by atoms with Gasteiger partial charge in [0.25, 0.3) is 0 Å². The third kappa shape index (κ3) is 1.29. The smallest absolute Gasteiger partial charge is 0.243 e. The van der Waals surface area contributed by atoms with Crippen molar-refractivity contribution in [2.24, 2.45) is 0 Å². The molecule has 0 aromatic heterocycles. The van der Waals surface area contributed by atoms with E-state index in [2.05, 4.69) is 5.32 Å². The highest BCUT2D eigenvalue weighted by Crippen LogP contribution is 2.21. The Morgan fingerprint density at radius 3 is 2.92 bits per heavy atom. The number of methoxy groups -OCH3 is 1. The fourth-order valence-electron chi connectivity index (χ4n) is 1.87. The lowest BCUT2D eigenvalue weighted by molar-refractivity contribution is -0.143. The van der Waals surface area contributed by atoms with Gasteiger partial charge in [0.1, 0.15) is 6.04 Å². The predicted octanol–water partition coefficient (Wildman–Crippen LogP) is -1.27. The van der Waals surface area contributed by atoms with Crippen LogP contribution in [0.5, 0.6) is 0 Å². The van der Waals surface area contributed by atoms with Crippen molar-refractivity contribution >= 4 is 11.8 Å². The van der Waals surface area contributed by atoms with E-state index in [0.29, 0.717) is 13.0 Å². The lowest BCUT2D eigenvalue weighted by atomic mass is 10.1. The Morgan fingerprint density at radius 2 is 2.31 bits per heavy atom. The molecule has 5 heteroatoms. The van der Waals surface area contributed by atoms with Crippen LogP contribution in [0, 0.1) is 0 Å². The maximum Gasteiger partial charge on any atom is 0.243 e. The lowest BCUT2D eigenvalue weighted by Gasteiger charge is -2.28. The van der Waals surface area contributed by atoms with Crippen molar-refractivity contribution in [1.29, 1.82) is 0 Å². The van der Waals surface area contributed by atoms with E-state index >= 15 is 0 Å². The maximum atomic E-state index is 11.3. The number of nitrogens with zero attached hydrogens (tertiary/aromatic N) is 1. The molecule has 2 aliphatic rings. The predicted molar refractivity (Wildman–Crippen MR) is 43.9 cm³/mol. The lowest BCUT2D eigenvalue weighted by Crippen LogP contribution is -2.55. The van der Waals surface area contributed by atoms with Gasteiger partial charge in [0.05, 0.1) is 12.6 Å². The molecule has 0 bridgehead atoms. The molecule has 2 saturated heterocycles. The Morgan fingerprint density at radius 1 is 1.54 bits per heavy atom. The maximum absolute atomic E-state index is 11.3. The summed E-state index contributed by atoms with van der Waals surface area (Å²) in [4.78, 5) is 24.3. The van der Waals surface area contributed by atoms with Crippen molar-refractivity contribution in [3.63, 3.8) is 0 Å². The first kappa shape index (κ1) is 8.50. The van der Waals surface area contributed by atoms with Crippen molar-refractivity contribution < 1.29 is 14.3 Å². The molecule has 0 aromatic carbocycles. The normalized spacial score (nSPS) is 33.2. The molecule has 13 heavy (non-hydrogen) atoms. The van der Waals surface area contributed by atoms with Crippen LogP contribution in [0.1, 0.15) is 6.42 Å². The minimum atomic E-state index is -0.300. The van der Waals surface area contributed by atoms with Crippen LogP contribution in [0.4, 0.5) is 0 Å². The molecule has 2 fully saturated rings. The SMILES string of the molecule is CO[C@@H]1C[C@@H]2C(=O)NCC(=O)N2C1. The summed E-state index contributed by atoms with van der Waals surface area (Å²) in [7, 11) is 1.60. The van der Waals surface area contributed by atoms with E-state index in [9.17, 15) is 9.59 Å². The molecule has 0 aliphatic carbocycles. The van der Waals surface area contributed by atoms with E-state index in [1.165, 1.54) is 0 Å². The van der Waals surface area contributed by atoms with Gasteiger partial charge in [-0.15, -0.1) is 0 Å². The van der Waals surface area contributed by atoms with E-state index in [1.807, 2.05) is 0 Å². The third-order valence-electron chi connectivity index (χ3n) is 2.63. The Balaban J connectivity index is 2.14. The molecule has 1 N–H and O–H groups in total. The Labute approximate surface area is 76.0 Å². The zero-order valence-electron chi connectivity index (χ0n) is 7.45. The number of hydrogen-bond acceptors (Lipinski definition) is 3. The highest BCUT2D eigenvalue weighted by atomic mass is 16.5. The minimum absolute atomic E-state index is 0.0100. The van der Waals surface area contributed by atoms with Crippen LogP contribution in [0.2, 0.25) is 0 Å². The second-order valence-corrected chi connectivity index (χ2v) is 3.37. The number of carbonyl (C=O) groups excluding carboxylic acids is 2. The van der Waals surface area contributed by atoms with Gasteiger partial charge < -0.3 is 15.0 Å². The Hall–Kier alpha value is -1.10. The molecule has 2 aliphatic heterocycles. The van der Waals surface area contributed by atoms with Gasteiger partial charge >= 0.3 is 0 Å². The zero-order chi connectivity index (χ0) is 9.42. The number of piperazine rings is 1. The van der Waals surface area contributed by atoms with Gasteiger partial charge in [-0.1, -0.05) is 0 Å². The van der Waals surface area contributed by atoms with E-state index in [1.54, 1.807) is 12.0 Å². The number of hydrogen-bond donors (Lipinski definition) is 1. The highest BCUT2D eigenvalue weighted by Gasteiger charge is 2.42. The number of rotatable bonds is 1. The van der Waals surface area contributed by atoms with Gasteiger partial charge in [-0.3, -0.25) is 9.59 Å². The molecule has 72 valence electrons. The monoisotopic (exact) mass is 184 g/mol. The molecule has 2 heterocycles. The summed E-state index contributed by atoms with van der Waals surface area (Å²) in [5.74, 6) is -0.0664. The molecule has 0 aromatic rings. The van der Waals surface area contributed by atoms with Crippen LogP contribution in [-0.2, 0) is 14.3 Å². The fourth-order valence-corrected chi connectivity index (χ4v) is 1.87. The van der Waals surface area contributed by atoms with Crippen LogP contribution < -0.4 is 5.32 Å².